The average Bonchev–Trinajstić information content (AvgIpc) is 3.21. The average molecular weight is 275 g/mol. The van der Waals surface area contributed by atoms with Gasteiger partial charge in [0.15, 0.2) is 0 Å². The minimum Gasteiger partial charge on any atom is -0.412 e. The lowest BCUT2D eigenvalue weighted by atomic mass is 10.6. The van der Waals surface area contributed by atoms with Gasteiger partial charge in [0.05, 0.1) is 66.1 Å². The van der Waals surface area contributed by atoms with E-state index in [0.29, 0.717) is 13.2 Å². The number of aliphatic hydroxyl groups excluding tert-OH is 2. The van der Waals surface area contributed by atoms with Crippen LogP contribution in [0.5, 0.6) is 0 Å². The Morgan fingerprint density at radius 3 is 1.17 bits per heavy atom. The maximum atomic E-state index is 8.09. The first-order chi connectivity index (χ1) is 7.91. The predicted octanol–water partition coefficient (Wildman–Crippen LogP) is -2.50. The van der Waals surface area contributed by atoms with E-state index in [0.717, 1.165) is 39.6 Å². The van der Waals surface area contributed by atoms with Crippen molar-refractivity contribution in [2.24, 2.45) is 0 Å². The molecular formula is C10H27O8+. The standard InChI is InChI=1S/C4H10O3.C4H8O2.C2H4O.2H2O/c5-1-3-7-4-2-6;1-2-6-4-3-5-1;1-2-3-1;;/h5-6H,1-4H2;1-4H2;1-2H2;2*1H2/p+1. The minimum atomic E-state index is 0. The van der Waals surface area contributed by atoms with Gasteiger partial charge >= 0.3 is 1.43 Å². The van der Waals surface area contributed by atoms with Gasteiger partial charge in [0.25, 0.3) is 0 Å². The van der Waals surface area contributed by atoms with Crippen LogP contribution in [-0.2, 0) is 18.9 Å². The van der Waals surface area contributed by atoms with E-state index in [2.05, 4.69) is 9.47 Å². The highest BCUT2D eigenvalue weighted by Crippen LogP contribution is 1.85. The minimum absolute atomic E-state index is 0. The molecule has 0 aliphatic carbocycles. The molecule has 0 aromatic carbocycles. The van der Waals surface area contributed by atoms with Crippen molar-refractivity contribution < 1.29 is 41.5 Å². The van der Waals surface area contributed by atoms with Gasteiger partial charge in [-0.25, -0.2) is 0 Å². The van der Waals surface area contributed by atoms with Gasteiger partial charge in [0.1, 0.15) is 0 Å². The first-order valence-corrected chi connectivity index (χ1v) is 5.44. The van der Waals surface area contributed by atoms with Gasteiger partial charge in [-0.3, -0.25) is 0 Å². The molecule has 0 spiro atoms. The van der Waals surface area contributed by atoms with Crippen LogP contribution in [0.25, 0.3) is 0 Å². The zero-order valence-electron chi connectivity index (χ0n) is 11.6. The second kappa shape index (κ2) is 21.9. The summed E-state index contributed by atoms with van der Waals surface area (Å²) in [6, 6.07) is 0. The first-order valence-electron chi connectivity index (χ1n) is 5.44. The second-order valence-corrected chi connectivity index (χ2v) is 2.90. The molecule has 2 saturated heterocycles. The Labute approximate surface area is 109 Å². The highest BCUT2D eigenvalue weighted by atomic mass is 16.6. The summed E-state index contributed by atoms with van der Waals surface area (Å²) in [6.07, 6.45) is 0. The summed E-state index contributed by atoms with van der Waals surface area (Å²) in [4.78, 5) is 0. The number of ether oxygens (including phenoxy) is 4. The molecule has 2 aliphatic rings. The van der Waals surface area contributed by atoms with Crippen LogP contribution in [0.3, 0.4) is 0 Å². The fourth-order valence-electron chi connectivity index (χ4n) is 0.671. The smallest absolute Gasteiger partial charge is 0.412 e. The van der Waals surface area contributed by atoms with E-state index in [9.17, 15) is 0 Å². The molecule has 2 rings (SSSR count). The maximum Gasteiger partial charge on any atom is 1.00 e. The van der Waals surface area contributed by atoms with Crippen LogP contribution in [0.15, 0.2) is 0 Å². The summed E-state index contributed by atoms with van der Waals surface area (Å²) in [5.41, 5.74) is 0. The van der Waals surface area contributed by atoms with E-state index in [1.807, 2.05) is 0 Å². The fraction of sp³-hybridized carbons (Fsp3) is 1.00. The van der Waals surface area contributed by atoms with Gasteiger partial charge in [-0.1, -0.05) is 0 Å². The van der Waals surface area contributed by atoms with Crippen molar-refractivity contribution in [2.75, 3.05) is 66.1 Å². The van der Waals surface area contributed by atoms with Crippen molar-refractivity contribution in [3.05, 3.63) is 0 Å². The van der Waals surface area contributed by atoms with Crippen LogP contribution in [0, 0.1) is 0 Å². The molecule has 0 amide bonds. The van der Waals surface area contributed by atoms with Gasteiger partial charge in [-0.2, -0.15) is 0 Å². The first kappa shape index (κ1) is 22.8. The topological polar surface area (TPSA) is 144 Å². The van der Waals surface area contributed by atoms with Crippen molar-refractivity contribution in [1.82, 2.24) is 0 Å². The Morgan fingerprint density at radius 2 is 1.00 bits per heavy atom. The van der Waals surface area contributed by atoms with Gasteiger partial charge < -0.3 is 40.1 Å². The number of hydrogen-bond acceptors (Lipinski definition) is 6. The summed E-state index contributed by atoms with van der Waals surface area (Å²) in [5, 5.41) is 16.2. The van der Waals surface area contributed by atoms with E-state index < -0.39 is 0 Å². The summed E-state index contributed by atoms with van der Waals surface area (Å²) >= 11 is 0. The summed E-state index contributed by atoms with van der Waals surface area (Å²) in [5.74, 6) is 0. The van der Waals surface area contributed by atoms with Crippen molar-refractivity contribution in [2.45, 2.75) is 0 Å². The Kier molecular flexibility index (Phi) is 27.8. The van der Waals surface area contributed by atoms with Gasteiger partial charge in [-0.15, -0.1) is 0 Å². The van der Waals surface area contributed by atoms with E-state index in [4.69, 9.17) is 19.7 Å². The third-order valence-electron chi connectivity index (χ3n) is 1.42. The summed E-state index contributed by atoms with van der Waals surface area (Å²) in [7, 11) is 0. The second-order valence-electron chi connectivity index (χ2n) is 2.90. The van der Waals surface area contributed by atoms with Gasteiger partial charge in [0.2, 0.25) is 0 Å². The molecule has 2 heterocycles. The zero-order valence-corrected chi connectivity index (χ0v) is 10.6. The van der Waals surface area contributed by atoms with Crippen molar-refractivity contribution in [3.8, 4) is 0 Å². The molecule has 0 aromatic rings. The highest BCUT2D eigenvalue weighted by molar-refractivity contribution is 4.37. The number of epoxide rings is 1. The van der Waals surface area contributed by atoms with E-state index in [-0.39, 0.29) is 25.6 Å². The van der Waals surface area contributed by atoms with Crippen LogP contribution >= 0.6 is 0 Å². The van der Waals surface area contributed by atoms with Gasteiger partial charge in [0, 0.05) is 0 Å². The molecule has 2 fully saturated rings. The molecule has 18 heavy (non-hydrogen) atoms. The predicted molar refractivity (Wildman–Crippen MR) is 65.8 cm³/mol. The molecule has 0 saturated carbocycles. The molecule has 8 nitrogen and oxygen atoms in total. The van der Waals surface area contributed by atoms with Crippen LogP contribution in [0.2, 0.25) is 0 Å². The van der Waals surface area contributed by atoms with Crippen molar-refractivity contribution in [1.29, 1.82) is 0 Å². The van der Waals surface area contributed by atoms with Gasteiger partial charge in [-0.05, 0) is 0 Å². The van der Waals surface area contributed by atoms with Crippen LogP contribution < -0.4 is 0 Å². The molecule has 0 bridgehead atoms. The van der Waals surface area contributed by atoms with Crippen LogP contribution in [-0.4, -0.2) is 87.2 Å². The van der Waals surface area contributed by atoms with E-state index in [1.165, 1.54) is 0 Å². The normalized spacial score (nSPS) is 15.7. The Hall–Kier alpha value is -0.320. The number of rotatable bonds is 4. The molecule has 0 radical (unpaired) electrons. The number of aliphatic hydroxyl groups is 2. The third kappa shape index (κ3) is 29.6. The van der Waals surface area contributed by atoms with Crippen molar-refractivity contribution in [3.63, 3.8) is 0 Å². The quantitative estimate of drug-likeness (QED) is 0.428. The lowest BCUT2D eigenvalue weighted by Gasteiger charge is -2.09. The Balaban J connectivity index is -0.0000000862. The molecule has 0 atom stereocenters. The lowest BCUT2D eigenvalue weighted by Crippen LogP contribution is -2.16. The molecule has 2 aliphatic heterocycles. The third-order valence-corrected chi connectivity index (χ3v) is 1.42. The monoisotopic (exact) mass is 275 g/mol. The largest absolute Gasteiger partial charge is 1.00 e. The lowest BCUT2D eigenvalue weighted by molar-refractivity contribution is -0.0334. The molecular weight excluding hydrogens is 248 g/mol. The molecule has 6 N–H and O–H groups in total. The molecule has 8 heteroatoms. The Bertz CT molecular complexity index is 106. The zero-order chi connectivity index (χ0) is 11.9. The molecule has 114 valence electrons. The Morgan fingerprint density at radius 1 is 0.722 bits per heavy atom. The fourth-order valence-corrected chi connectivity index (χ4v) is 0.671. The van der Waals surface area contributed by atoms with E-state index in [1.54, 1.807) is 0 Å². The highest BCUT2D eigenvalue weighted by Gasteiger charge is 1.94. The van der Waals surface area contributed by atoms with Crippen LogP contribution in [0.1, 0.15) is 1.43 Å². The SMILES string of the molecule is C1CO1.C1COCCO1.O.O.OCCOCCO.[H+]. The maximum absolute atomic E-state index is 8.09. The van der Waals surface area contributed by atoms with E-state index >= 15 is 0 Å². The summed E-state index contributed by atoms with van der Waals surface area (Å²) in [6.45, 7) is 5.81. The van der Waals surface area contributed by atoms with Crippen molar-refractivity contribution >= 4 is 0 Å². The molecule has 0 aromatic heterocycles. The number of hydrogen-bond donors (Lipinski definition) is 2. The van der Waals surface area contributed by atoms with Crippen LogP contribution in [0.4, 0.5) is 0 Å². The summed E-state index contributed by atoms with van der Waals surface area (Å²) < 4.78 is 19.0. The molecule has 0 unspecified atom stereocenters.